The van der Waals surface area contributed by atoms with E-state index in [2.05, 4.69) is 20.8 Å². The lowest BCUT2D eigenvalue weighted by atomic mass is 9.52. The number of hydrogen-bond acceptors (Lipinski definition) is 1. The molecule has 0 aromatic rings. The molecule has 0 heterocycles. The van der Waals surface area contributed by atoms with Crippen molar-refractivity contribution in [2.45, 2.75) is 65.4 Å². The summed E-state index contributed by atoms with van der Waals surface area (Å²) in [6.45, 7) is 7.21. The van der Waals surface area contributed by atoms with Crippen LogP contribution in [0.2, 0.25) is 0 Å². The van der Waals surface area contributed by atoms with Gasteiger partial charge in [0.15, 0.2) is 0 Å². The fourth-order valence-corrected chi connectivity index (χ4v) is 5.29. The Morgan fingerprint density at radius 3 is 2.47 bits per heavy atom. The van der Waals surface area contributed by atoms with Crippen LogP contribution in [0.5, 0.6) is 0 Å². The van der Waals surface area contributed by atoms with Gasteiger partial charge < -0.3 is 5.11 Å². The van der Waals surface area contributed by atoms with Gasteiger partial charge in [0.1, 0.15) is 0 Å². The molecule has 4 unspecified atom stereocenters. The summed E-state index contributed by atoms with van der Waals surface area (Å²) in [5.41, 5.74) is 1.21. The number of hydrogen-bond donors (Lipinski definition) is 1. The van der Waals surface area contributed by atoms with E-state index in [0.29, 0.717) is 16.7 Å². The number of aliphatic hydroxyl groups is 1. The summed E-state index contributed by atoms with van der Waals surface area (Å²) < 4.78 is 0. The first-order valence-corrected chi connectivity index (χ1v) is 6.59. The van der Waals surface area contributed by atoms with Crippen LogP contribution >= 0.6 is 0 Å². The quantitative estimate of drug-likeness (QED) is 0.647. The van der Waals surface area contributed by atoms with Gasteiger partial charge in [0.2, 0.25) is 0 Å². The van der Waals surface area contributed by atoms with Crippen LogP contribution in [0.25, 0.3) is 0 Å². The molecule has 0 aromatic carbocycles. The second-order valence-electron chi connectivity index (χ2n) is 7.31. The molecule has 3 fully saturated rings. The molecule has 3 aliphatic carbocycles. The standard InChI is InChI=1S/C14H24O/c1-12(2)6-4-5-10-11(15)13(3)7-8-14(10,12)9-13/h10-11,15H,4-9H2,1-3H3. The van der Waals surface area contributed by atoms with Crippen molar-refractivity contribution in [3.8, 4) is 0 Å². The highest BCUT2D eigenvalue weighted by Crippen LogP contribution is 2.73. The van der Waals surface area contributed by atoms with E-state index in [1.165, 1.54) is 38.5 Å². The molecule has 1 nitrogen and oxygen atoms in total. The van der Waals surface area contributed by atoms with Crippen molar-refractivity contribution >= 4 is 0 Å². The zero-order valence-electron chi connectivity index (χ0n) is 10.3. The predicted octanol–water partition coefficient (Wildman–Crippen LogP) is 3.36. The van der Waals surface area contributed by atoms with Gasteiger partial charge >= 0.3 is 0 Å². The zero-order chi connectivity index (χ0) is 10.9. The Kier molecular flexibility index (Phi) is 1.77. The number of aliphatic hydroxyl groups excluding tert-OH is 1. The molecule has 2 bridgehead atoms. The third-order valence-electron chi connectivity index (χ3n) is 6.33. The maximum Gasteiger partial charge on any atom is 0.0627 e. The van der Waals surface area contributed by atoms with Crippen molar-refractivity contribution in [3.05, 3.63) is 0 Å². The molecule has 1 spiro atoms. The minimum Gasteiger partial charge on any atom is -0.392 e. The van der Waals surface area contributed by atoms with Gasteiger partial charge in [-0.25, -0.2) is 0 Å². The normalized spacial score (nSPS) is 56.8. The Morgan fingerprint density at radius 2 is 1.80 bits per heavy atom. The van der Waals surface area contributed by atoms with Crippen LogP contribution in [0.1, 0.15) is 59.3 Å². The third-order valence-corrected chi connectivity index (χ3v) is 6.33. The zero-order valence-corrected chi connectivity index (χ0v) is 10.3. The highest BCUT2D eigenvalue weighted by atomic mass is 16.3. The molecule has 0 aromatic heterocycles. The minimum atomic E-state index is -0.00850. The second kappa shape index (κ2) is 2.61. The summed E-state index contributed by atoms with van der Waals surface area (Å²) in [5, 5.41) is 10.5. The van der Waals surface area contributed by atoms with Crippen molar-refractivity contribution in [3.63, 3.8) is 0 Å². The smallest absolute Gasteiger partial charge is 0.0627 e. The Hall–Kier alpha value is -0.0400. The lowest BCUT2D eigenvalue weighted by Gasteiger charge is -2.53. The molecule has 86 valence electrons. The summed E-state index contributed by atoms with van der Waals surface area (Å²) in [6.07, 6.45) is 7.88. The molecular formula is C14H24O. The van der Waals surface area contributed by atoms with E-state index in [9.17, 15) is 5.11 Å². The summed E-state index contributed by atoms with van der Waals surface area (Å²) in [7, 11) is 0. The van der Waals surface area contributed by atoms with Crippen LogP contribution < -0.4 is 0 Å². The van der Waals surface area contributed by atoms with Gasteiger partial charge in [-0.05, 0) is 54.3 Å². The fraction of sp³-hybridized carbons (Fsp3) is 1.00. The predicted molar refractivity (Wildman–Crippen MR) is 61.5 cm³/mol. The Balaban J connectivity index is 2.07. The van der Waals surface area contributed by atoms with Gasteiger partial charge in [-0.15, -0.1) is 0 Å². The van der Waals surface area contributed by atoms with Crippen molar-refractivity contribution in [2.75, 3.05) is 0 Å². The summed E-state index contributed by atoms with van der Waals surface area (Å²) in [5.74, 6) is 0.611. The summed E-state index contributed by atoms with van der Waals surface area (Å²) >= 11 is 0. The van der Waals surface area contributed by atoms with Gasteiger partial charge in [-0.1, -0.05) is 27.2 Å². The van der Waals surface area contributed by atoms with E-state index in [0.717, 1.165) is 0 Å². The van der Waals surface area contributed by atoms with Gasteiger partial charge in [0.05, 0.1) is 6.10 Å². The average molecular weight is 208 g/mol. The molecular weight excluding hydrogens is 184 g/mol. The van der Waals surface area contributed by atoms with Crippen LogP contribution in [0, 0.1) is 22.2 Å². The Bertz CT molecular complexity index is 296. The van der Waals surface area contributed by atoms with Crippen LogP contribution in [0.4, 0.5) is 0 Å². The maximum absolute atomic E-state index is 10.5. The molecule has 0 amide bonds. The molecule has 0 saturated heterocycles. The molecule has 3 saturated carbocycles. The van der Waals surface area contributed by atoms with E-state index in [1.54, 1.807) is 0 Å². The maximum atomic E-state index is 10.5. The van der Waals surface area contributed by atoms with Crippen LogP contribution in [0.15, 0.2) is 0 Å². The average Bonchev–Trinajstić information content (AvgIpc) is 2.60. The summed E-state index contributed by atoms with van der Waals surface area (Å²) in [4.78, 5) is 0. The SMILES string of the molecule is CC12CCC3(C1)C(CCCC3(C)C)C2O. The topological polar surface area (TPSA) is 20.2 Å². The van der Waals surface area contributed by atoms with Gasteiger partial charge in [0, 0.05) is 0 Å². The molecule has 0 aliphatic heterocycles. The lowest BCUT2D eigenvalue weighted by Crippen LogP contribution is -2.47. The fourth-order valence-electron chi connectivity index (χ4n) is 5.29. The first-order chi connectivity index (χ1) is 6.91. The molecule has 0 radical (unpaired) electrons. The highest BCUT2D eigenvalue weighted by Gasteiger charge is 2.68. The van der Waals surface area contributed by atoms with Gasteiger partial charge in [-0.3, -0.25) is 0 Å². The Morgan fingerprint density at radius 1 is 1.07 bits per heavy atom. The molecule has 15 heavy (non-hydrogen) atoms. The van der Waals surface area contributed by atoms with E-state index in [-0.39, 0.29) is 11.5 Å². The van der Waals surface area contributed by atoms with E-state index < -0.39 is 0 Å². The van der Waals surface area contributed by atoms with Crippen LogP contribution in [0.3, 0.4) is 0 Å². The first-order valence-electron chi connectivity index (χ1n) is 6.59. The van der Waals surface area contributed by atoms with Crippen LogP contribution in [-0.4, -0.2) is 11.2 Å². The second-order valence-corrected chi connectivity index (χ2v) is 7.31. The van der Waals surface area contributed by atoms with E-state index in [4.69, 9.17) is 0 Å². The monoisotopic (exact) mass is 208 g/mol. The highest BCUT2D eigenvalue weighted by molar-refractivity contribution is 5.17. The van der Waals surface area contributed by atoms with Gasteiger partial charge in [0.25, 0.3) is 0 Å². The van der Waals surface area contributed by atoms with Crippen LogP contribution in [-0.2, 0) is 0 Å². The largest absolute Gasteiger partial charge is 0.392 e. The Labute approximate surface area is 93.3 Å². The first kappa shape index (κ1) is 10.1. The lowest BCUT2D eigenvalue weighted by molar-refractivity contribution is -0.0796. The molecule has 3 aliphatic rings. The molecule has 4 atom stereocenters. The van der Waals surface area contributed by atoms with Crippen molar-refractivity contribution in [1.82, 2.24) is 0 Å². The van der Waals surface area contributed by atoms with Gasteiger partial charge in [-0.2, -0.15) is 0 Å². The third kappa shape index (κ3) is 0.988. The van der Waals surface area contributed by atoms with Crippen molar-refractivity contribution in [1.29, 1.82) is 0 Å². The van der Waals surface area contributed by atoms with E-state index in [1.807, 2.05) is 0 Å². The number of rotatable bonds is 0. The number of fused-ring (bicyclic) bond motifs is 1. The van der Waals surface area contributed by atoms with Crippen molar-refractivity contribution < 1.29 is 5.11 Å². The minimum absolute atomic E-state index is 0.00850. The summed E-state index contributed by atoms with van der Waals surface area (Å²) in [6, 6.07) is 0. The molecule has 1 N–H and O–H groups in total. The molecule has 3 rings (SSSR count). The van der Waals surface area contributed by atoms with Crippen molar-refractivity contribution in [2.24, 2.45) is 22.2 Å². The van der Waals surface area contributed by atoms with E-state index >= 15 is 0 Å². The molecule has 1 heteroatoms.